The van der Waals surface area contributed by atoms with Crippen LogP contribution in [0.3, 0.4) is 0 Å². The number of aromatic nitrogens is 2. The lowest BCUT2D eigenvalue weighted by molar-refractivity contribution is 0.103. The van der Waals surface area contributed by atoms with Crippen LogP contribution in [0.25, 0.3) is 10.2 Å². The third-order valence-corrected chi connectivity index (χ3v) is 6.42. The molecule has 2 aromatic heterocycles. The maximum atomic E-state index is 13.0. The summed E-state index contributed by atoms with van der Waals surface area (Å²) in [6.45, 7) is 4.36. The Morgan fingerprint density at radius 2 is 1.80 bits per heavy atom. The summed E-state index contributed by atoms with van der Waals surface area (Å²) in [5, 5.41) is 3.49. The molecule has 0 saturated carbocycles. The summed E-state index contributed by atoms with van der Waals surface area (Å²) < 4.78 is 1.65. The number of carbonyl (C=O) groups is 1. The van der Waals surface area contributed by atoms with E-state index < -0.39 is 0 Å². The van der Waals surface area contributed by atoms with Crippen molar-refractivity contribution in [1.82, 2.24) is 9.55 Å². The average Bonchev–Trinajstić information content (AvgIpc) is 3.09. The van der Waals surface area contributed by atoms with Gasteiger partial charge in [0, 0.05) is 12.2 Å². The first kappa shape index (κ1) is 20.0. The molecule has 0 saturated heterocycles. The molecule has 5 nitrogen and oxygen atoms in total. The summed E-state index contributed by atoms with van der Waals surface area (Å²) in [7, 11) is 0. The molecule has 0 radical (unpaired) electrons. The molecule has 2 heterocycles. The minimum atomic E-state index is -0.208. The number of aryl methyl sites for hydroxylation is 4. The summed E-state index contributed by atoms with van der Waals surface area (Å²) in [5.41, 5.74) is 3.61. The largest absolute Gasteiger partial charge is 0.321 e. The van der Waals surface area contributed by atoms with Crippen molar-refractivity contribution in [1.29, 1.82) is 0 Å². The SMILES string of the molecule is Cc1ccccc1NC(=O)c1sc2ncn(CCCc3ccccc3)c(=O)c2c1C. The van der Waals surface area contributed by atoms with Crippen molar-refractivity contribution in [3.8, 4) is 0 Å². The molecule has 4 rings (SSSR count). The van der Waals surface area contributed by atoms with E-state index in [-0.39, 0.29) is 11.5 Å². The van der Waals surface area contributed by atoms with E-state index >= 15 is 0 Å². The van der Waals surface area contributed by atoms with Gasteiger partial charge < -0.3 is 5.32 Å². The highest BCUT2D eigenvalue weighted by molar-refractivity contribution is 7.20. The van der Waals surface area contributed by atoms with Crippen LogP contribution in [0.15, 0.2) is 65.7 Å². The predicted octanol–water partition coefficient (Wildman–Crippen LogP) is 4.96. The fraction of sp³-hybridized carbons (Fsp3) is 0.208. The van der Waals surface area contributed by atoms with Crippen molar-refractivity contribution >= 4 is 33.1 Å². The molecule has 0 bridgehead atoms. The number of benzene rings is 2. The number of hydrogen-bond donors (Lipinski definition) is 1. The first-order valence-electron chi connectivity index (χ1n) is 9.94. The number of rotatable bonds is 6. The highest BCUT2D eigenvalue weighted by Gasteiger charge is 2.20. The average molecular weight is 418 g/mol. The van der Waals surface area contributed by atoms with Gasteiger partial charge in [0.2, 0.25) is 0 Å². The van der Waals surface area contributed by atoms with Gasteiger partial charge in [-0.05, 0) is 49.4 Å². The number of fused-ring (bicyclic) bond motifs is 1. The topological polar surface area (TPSA) is 64.0 Å². The lowest BCUT2D eigenvalue weighted by Crippen LogP contribution is -2.21. The van der Waals surface area contributed by atoms with Crippen molar-refractivity contribution in [3.05, 3.63) is 92.8 Å². The zero-order chi connectivity index (χ0) is 21.1. The van der Waals surface area contributed by atoms with Crippen LogP contribution in [0, 0.1) is 13.8 Å². The van der Waals surface area contributed by atoms with Crippen molar-refractivity contribution in [2.45, 2.75) is 33.2 Å². The molecule has 1 N–H and O–H groups in total. The van der Waals surface area contributed by atoms with Gasteiger partial charge in [0.05, 0.1) is 16.6 Å². The summed E-state index contributed by atoms with van der Waals surface area (Å²) >= 11 is 1.26. The molecule has 0 fully saturated rings. The number of nitrogens with zero attached hydrogens (tertiary/aromatic N) is 2. The molecule has 2 aromatic carbocycles. The second-order valence-corrected chi connectivity index (χ2v) is 8.34. The Hall–Kier alpha value is -3.25. The molecule has 6 heteroatoms. The predicted molar refractivity (Wildman–Crippen MR) is 123 cm³/mol. The smallest absolute Gasteiger partial charge is 0.266 e. The highest BCUT2D eigenvalue weighted by atomic mass is 32.1. The Labute approximate surface area is 179 Å². The number of anilines is 1. The van der Waals surface area contributed by atoms with Crippen molar-refractivity contribution in [2.75, 3.05) is 5.32 Å². The number of thiophene rings is 1. The normalized spacial score (nSPS) is 11.0. The third kappa shape index (κ3) is 4.04. The lowest BCUT2D eigenvalue weighted by atomic mass is 10.1. The van der Waals surface area contributed by atoms with Gasteiger partial charge in [-0.2, -0.15) is 0 Å². The number of amides is 1. The number of hydrogen-bond acceptors (Lipinski definition) is 4. The molecule has 0 aliphatic heterocycles. The minimum Gasteiger partial charge on any atom is -0.321 e. The van der Waals surface area contributed by atoms with Crippen LogP contribution in [-0.4, -0.2) is 15.5 Å². The Kier molecular flexibility index (Phi) is 5.77. The van der Waals surface area contributed by atoms with Gasteiger partial charge in [0.25, 0.3) is 11.5 Å². The van der Waals surface area contributed by atoms with Gasteiger partial charge >= 0.3 is 0 Å². The minimum absolute atomic E-state index is 0.0863. The summed E-state index contributed by atoms with van der Waals surface area (Å²) in [4.78, 5) is 31.5. The fourth-order valence-corrected chi connectivity index (χ4v) is 4.56. The molecule has 152 valence electrons. The van der Waals surface area contributed by atoms with Crippen molar-refractivity contribution in [3.63, 3.8) is 0 Å². The maximum Gasteiger partial charge on any atom is 0.266 e. The van der Waals surface area contributed by atoms with Crippen LogP contribution in [0.1, 0.15) is 32.8 Å². The number of carbonyl (C=O) groups excluding carboxylic acids is 1. The van der Waals surface area contributed by atoms with E-state index in [1.54, 1.807) is 10.9 Å². The van der Waals surface area contributed by atoms with Crippen molar-refractivity contribution in [2.24, 2.45) is 0 Å². The van der Waals surface area contributed by atoms with E-state index in [1.807, 2.05) is 56.3 Å². The van der Waals surface area contributed by atoms with Crippen LogP contribution in [0.2, 0.25) is 0 Å². The van der Waals surface area contributed by atoms with Crippen molar-refractivity contribution < 1.29 is 4.79 Å². The fourth-order valence-electron chi connectivity index (χ4n) is 3.53. The Morgan fingerprint density at radius 3 is 2.57 bits per heavy atom. The molecular formula is C24H23N3O2S. The molecule has 0 spiro atoms. The summed E-state index contributed by atoms with van der Waals surface area (Å²) in [6.07, 6.45) is 3.34. The van der Waals surface area contributed by atoms with Gasteiger partial charge in [0.1, 0.15) is 4.83 Å². The van der Waals surface area contributed by atoms with Gasteiger partial charge in [-0.1, -0.05) is 48.5 Å². The zero-order valence-electron chi connectivity index (χ0n) is 17.0. The second-order valence-electron chi connectivity index (χ2n) is 7.34. The molecular weight excluding hydrogens is 394 g/mol. The monoisotopic (exact) mass is 417 g/mol. The van der Waals surface area contributed by atoms with E-state index in [0.29, 0.717) is 27.2 Å². The standard InChI is InChI=1S/C24H23N3O2S/c1-16-9-6-7-13-19(16)26-22(28)21-17(2)20-23(30-21)25-15-27(24(20)29)14-8-12-18-10-4-3-5-11-18/h3-7,9-11,13,15H,8,12,14H2,1-2H3,(H,26,28). The Balaban J connectivity index is 1.56. The van der Waals surface area contributed by atoms with E-state index in [9.17, 15) is 9.59 Å². The highest BCUT2D eigenvalue weighted by Crippen LogP contribution is 2.28. The third-order valence-electron chi connectivity index (χ3n) is 5.22. The van der Waals surface area contributed by atoms with E-state index in [2.05, 4.69) is 22.4 Å². The molecule has 0 unspecified atom stereocenters. The Morgan fingerprint density at radius 1 is 1.07 bits per heavy atom. The molecule has 1 amide bonds. The molecule has 0 aliphatic rings. The molecule has 4 aromatic rings. The van der Waals surface area contributed by atoms with Crippen LogP contribution in [0.5, 0.6) is 0 Å². The molecule has 0 atom stereocenters. The van der Waals surface area contributed by atoms with E-state index in [1.165, 1.54) is 16.9 Å². The first-order chi connectivity index (χ1) is 14.5. The van der Waals surface area contributed by atoms with Crippen LogP contribution in [0.4, 0.5) is 5.69 Å². The van der Waals surface area contributed by atoms with Gasteiger partial charge in [-0.3, -0.25) is 14.2 Å². The van der Waals surface area contributed by atoms with Gasteiger partial charge in [-0.15, -0.1) is 11.3 Å². The van der Waals surface area contributed by atoms with Gasteiger partial charge in [-0.25, -0.2) is 4.98 Å². The number of para-hydroxylation sites is 1. The molecule has 0 aliphatic carbocycles. The Bertz CT molecular complexity index is 1260. The van der Waals surface area contributed by atoms with E-state index in [0.717, 1.165) is 24.1 Å². The van der Waals surface area contributed by atoms with Gasteiger partial charge in [0.15, 0.2) is 0 Å². The van der Waals surface area contributed by atoms with Crippen LogP contribution in [-0.2, 0) is 13.0 Å². The second kappa shape index (κ2) is 8.63. The van der Waals surface area contributed by atoms with E-state index in [4.69, 9.17) is 0 Å². The summed E-state index contributed by atoms with van der Waals surface area (Å²) in [6, 6.07) is 17.9. The maximum absolute atomic E-state index is 13.0. The van der Waals surface area contributed by atoms with Crippen LogP contribution < -0.4 is 10.9 Å². The number of nitrogens with one attached hydrogen (secondary N) is 1. The quantitative estimate of drug-likeness (QED) is 0.482. The zero-order valence-corrected chi connectivity index (χ0v) is 17.8. The lowest BCUT2D eigenvalue weighted by Gasteiger charge is -2.07. The summed E-state index contributed by atoms with van der Waals surface area (Å²) in [5.74, 6) is -0.208. The van der Waals surface area contributed by atoms with Crippen LogP contribution >= 0.6 is 11.3 Å². The first-order valence-corrected chi connectivity index (χ1v) is 10.8. The molecule has 30 heavy (non-hydrogen) atoms.